The highest BCUT2D eigenvalue weighted by Gasteiger charge is 2.14. The van der Waals surface area contributed by atoms with E-state index in [1.165, 1.54) is 6.07 Å². The second-order valence-corrected chi connectivity index (χ2v) is 8.11. The Balaban J connectivity index is 1.90. The van der Waals surface area contributed by atoms with Crippen molar-refractivity contribution in [2.75, 3.05) is 17.5 Å². The topological polar surface area (TPSA) is 118 Å². The molecule has 0 radical (unpaired) electrons. The molecular formula is C16H18BrN3O5S. The molecule has 140 valence electrons. The summed E-state index contributed by atoms with van der Waals surface area (Å²) in [6.07, 6.45) is 1.06. The predicted molar refractivity (Wildman–Crippen MR) is 100 cm³/mol. The van der Waals surface area contributed by atoms with Crippen LogP contribution in [0, 0.1) is 0 Å². The van der Waals surface area contributed by atoms with Gasteiger partial charge in [-0.1, -0.05) is 12.1 Å². The number of rotatable bonds is 7. The Labute approximate surface area is 159 Å². The number of hydrogen-bond donors (Lipinski definition) is 3. The maximum Gasteiger partial charge on any atom is 0.287 e. The molecule has 1 heterocycles. The lowest BCUT2D eigenvalue weighted by molar-refractivity contribution is -0.120. The molecule has 2 rings (SSSR count). The highest BCUT2D eigenvalue weighted by molar-refractivity contribution is 9.10. The van der Waals surface area contributed by atoms with Crippen LogP contribution < -0.4 is 15.4 Å². The average molecular weight is 444 g/mol. The molecule has 2 aromatic rings. The molecule has 1 aromatic carbocycles. The van der Waals surface area contributed by atoms with Gasteiger partial charge in [0, 0.05) is 5.69 Å². The zero-order valence-electron chi connectivity index (χ0n) is 14.1. The molecule has 26 heavy (non-hydrogen) atoms. The molecule has 1 unspecified atom stereocenters. The molecule has 0 saturated heterocycles. The molecular weight excluding hydrogens is 426 g/mol. The van der Waals surface area contributed by atoms with E-state index in [9.17, 15) is 18.0 Å². The van der Waals surface area contributed by atoms with Gasteiger partial charge in [0.25, 0.3) is 5.91 Å². The minimum absolute atomic E-state index is 0.0947. The van der Waals surface area contributed by atoms with Gasteiger partial charge in [-0.25, -0.2) is 8.42 Å². The summed E-state index contributed by atoms with van der Waals surface area (Å²) in [6, 6.07) is 9.37. The highest BCUT2D eigenvalue weighted by atomic mass is 79.9. The molecule has 0 bridgehead atoms. The molecule has 2 amide bonds. The van der Waals surface area contributed by atoms with Crippen LogP contribution in [-0.2, 0) is 14.8 Å². The Morgan fingerprint density at radius 2 is 1.96 bits per heavy atom. The van der Waals surface area contributed by atoms with E-state index in [-0.39, 0.29) is 18.3 Å². The zero-order valence-corrected chi connectivity index (χ0v) is 16.5. The highest BCUT2D eigenvalue weighted by Crippen LogP contribution is 2.18. The number of sulfonamides is 1. The summed E-state index contributed by atoms with van der Waals surface area (Å²) in [5.41, 5.74) is 1.12. The fourth-order valence-electron chi connectivity index (χ4n) is 2.15. The fourth-order valence-corrected chi connectivity index (χ4v) is 3.01. The number of anilines is 1. The first-order chi connectivity index (χ1) is 12.1. The van der Waals surface area contributed by atoms with Gasteiger partial charge in [0.2, 0.25) is 15.9 Å². The summed E-state index contributed by atoms with van der Waals surface area (Å²) in [5, 5.41) is 5.18. The van der Waals surface area contributed by atoms with Crippen molar-refractivity contribution >= 4 is 43.5 Å². The third-order valence-corrected chi connectivity index (χ3v) is 4.31. The number of carbonyl (C=O) groups is 2. The van der Waals surface area contributed by atoms with Gasteiger partial charge in [-0.3, -0.25) is 14.3 Å². The SMILES string of the molecule is CC(NC(=O)CNC(=O)c1ccc(Br)o1)c1cccc(NS(C)(=O)=O)c1. The number of halogens is 1. The van der Waals surface area contributed by atoms with Crippen molar-refractivity contribution in [1.82, 2.24) is 10.6 Å². The predicted octanol–water partition coefficient (Wildman–Crippen LogP) is 2.02. The van der Waals surface area contributed by atoms with E-state index in [0.717, 1.165) is 6.26 Å². The number of hydrogen-bond acceptors (Lipinski definition) is 5. The number of furan rings is 1. The number of nitrogens with one attached hydrogen (secondary N) is 3. The molecule has 0 fully saturated rings. The third kappa shape index (κ3) is 6.19. The molecule has 1 aromatic heterocycles. The van der Waals surface area contributed by atoms with Crippen LogP contribution in [0.5, 0.6) is 0 Å². The van der Waals surface area contributed by atoms with Crippen molar-refractivity contribution in [2.45, 2.75) is 13.0 Å². The van der Waals surface area contributed by atoms with Crippen molar-refractivity contribution in [2.24, 2.45) is 0 Å². The summed E-state index contributed by atoms with van der Waals surface area (Å²) in [6.45, 7) is 1.53. The average Bonchev–Trinajstić information content (AvgIpc) is 2.98. The van der Waals surface area contributed by atoms with E-state index in [1.807, 2.05) is 0 Å². The first-order valence-electron chi connectivity index (χ1n) is 7.55. The van der Waals surface area contributed by atoms with Crippen molar-refractivity contribution < 1.29 is 22.4 Å². The maximum atomic E-state index is 12.0. The first kappa shape index (κ1) is 20.0. The Morgan fingerprint density at radius 1 is 1.23 bits per heavy atom. The molecule has 0 aliphatic rings. The van der Waals surface area contributed by atoms with Crippen LogP contribution in [0.1, 0.15) is 29.1 Å². The van der Waals surface area contributed by atoms with Gasteiger partial charge in [-0.2, -0.15) is 0 Å². The van der Waals surface area contributed by atoms with E-state index in [2.05, 4.69) is 31.3 Å². The van der Waals surface area contributed by atoms with Crippen LogP contribution in [-0.4, -0.2) is 33.0 Å². The molecule has 0 aliphatic heterocycles. The van der Waals surface area contributed by atoms with E-state index in [4.69, 9.17) is 4.42 Å². The maximum absolute atomic E-state index is 12.0. The molecule has 0 aliphatic carbocycles. The van der Waals surface area contributed by atoms with Crippen LogP contribution >= 0.6 is 15.9 Å². The fraction of sp³-hybridized carbons (Fsp3) is 0.250. The van der Waals surface area contributed by atoms with Crippen LogP contribution in [0.25, 0.3) is 0 Å². The van der Waals surface area contributed by atoms with Gasteiger partial charge in [0.1, 0.15) is 0 Å². The van der Waals surface area contributed by atoms with Crippen LogP contribution in [0.15, 0.2) is 45.5 Å². The monoisotopic (exact) mass is 443 g/mol. The van der Waals surface area contributed by atoms with Crippen molar-refractivity contribution in [3.05, 3.63) is 52.4 Å². The normalized spacial score (nSPS) is 12.3. The summed E-state index contributed by atoms with van der Waals surface area (Å²) in [5.74, 6) is -0.798. The Morgan fingerprint density at radius 3 is 2.58 bits per heavy atom. The number of amides is 2. The Bertz CT molecular complexity index is 910. The Kier molecular flexibility index (Phi) is 6.43. The molecule has 0 spiro atoms. The zero-order chi connectivity index (χ0) is 19.3. The third-order valence-electron chi connectivity index (χ3n) is 3.27. The van der Waals surface area contributed by atoms with Crippen molar-refractivity contribution in [1.29, 1.82) is 0 Å². The van der Waals surface area contributed by atoms with Crippen LogP contribution in [0.3, 0.4) is 0 Å². The summed E-state index contributed by atoms with van der Waals surface area (Å²) in [4.78, 5) is 23.8. The van der Waals surface area contributed by atoms with E-state index < -0.39 is 21.8 Å². The second-order valence-electron chi connectivity index (χ2n) is 5.58. The van der Waals surface area contributed by atoms with Gasteiger partial charge in [0.05, 0.1) is 18.8 Å². The van der Waals surface area contributed by atoms with Crippen LogP contribution in [0.2, 0.25) is 0 Å². The Hall–Kier alpha value is -2.33. The van der Waals surface area contributed by atoms with Gasteiger partial charge in [0.15, 0.2) is 10.4 Å². The lowest BCUT2D eigenvalue weighted by Crippen LogP contribution is -2.37. The van der Waals surface area contributed by atoms with Crippen molar-refractivity contribution in [3.63, 3.8) is 0 Å². The van der Waals surface area contributed by atoms with Gasteiger partial charge >= 0.3 is 0 Å². The second kappa shape index (κ2) is 8.37. The quantitative estimate of drug-likeness (QED) is 0.604. The van der Waals surface area contributed by atoms with Gasteiger partial charge < -0.3 is 15.1 Å². The lowest BCUT2D eigenvalue weighted by Gasteiger charge is -2.16. The summed E-state index contributed by atoms with van der Waals surface area (Å²) in [7, 11) is -3.38. The molecule has 0 saturated carbocycles. The lowest BCUT2D eigenvalue weighted by atomic mass is 10.1. The molecule has 8 nitrogen and oxygen atoms in total. The molecule has 10 heteroatoms. The van der Waals surface area contributed by atoms with Gasteiger partial charge in [-0.05, 0) is 52.7 Å². The smallest absolute Gasteiger partial charge is 0.287 e. The molecule has 3 N–H and O–H groups in total. The largest absolute Gasteiger partial charge is 0.444 e. The molecule has 1 atom stereocenters. The number of carbonyl (C=O) groups excluding carboxylic acids is 2. The van der Waals surface area contributed by atoms with Crippen LogP contribution in [0.4, 0.5) is 5.69 Å². The number of benzene rings is 1. The minimum Gasteiger partial charge on any atom is -0.444 e. The van der Waals surface area contributed by atoms with E-state index in [1.54, 1.807) is 37.3 Å². The summed E-state index contributed by atoms with van der Waals surface area (Å²) >= 11 is 3.09. The summed E-state index contributed by atoms with van der Waals surface area (Å²) < 4.78 is 30.5. The van der Waals surface area contributed by atoms with E-state index in [0.29, 0.717) is 15.9 Å². The minimum atomic E-state index is -3.38. The van der Waals surface area contributed by atoms with E-state index >= 15 is 0 Å². The van der Waals surface area contributed by atoms with Gasteiger partial charge in [-0.15, -0.1) is 0 Å². The van der Waals surface area contributed by atoms with Crippen molar-refractivity contribution in [3.8, 4) is 0 Å². The standard InChI is InChI=1S/C16H18BrN3O5S/c1-10(11-4-3-5-12(8-11)20-26(2,23)24)19-15(21)9-18-16(22)13-6-7-14(17)25-13/h3-8,10,20H,9H2,1-2H3,(H,18,22)(H,19,21). The first-order valence-corrected chi connectivity index (χ1v) is 10.2.